The number of nitrogens with one attached hydrogen (secondary N) is 1. The van der Waals surface area contributed by atoms with Gasteiger partial charge in [-0.25, -0.2) is 13.2 Å². The van der Waals surface area contributed by atoms with E-state index in [9.17, 15) is 18.0 Å². The molecule has 1 rings (SSSR count). The summed E-state index contributed by atoms with van der Waals surface area (Å²) in [5, 5.41) is 0. The van der Waals surface area contributed by atoms with Crippen molar-refractivity contribution in [3.8, 4) is 0 Å². The van der Waals surface area contributed by atoms with Crippen LogP contribution in [0.15, 0.2) is 11.0 Å². The molecule has 1 aromatic heterocycles. The first kappa shape index (κ1) is 15.9. The number of ether oxygens (including phenoxy) is 2. The zero-order valence-electron chi connectivity index (χ0n) is 9.93. The Hall–Kier alpha value is -1.16. The second-order valence-electron chi connectivity index (χ2n) is 3.14. The summed E-state index contributed by atoms with van der Waals surface area (Å²) in [6.45, 7) is -0.549. The van der Waals surface area contributed by atoms with Crippen molar-refractivity contribution in [3.63, 3.8) is 0 Å². The summed E-state index contributed by atoms with van der Waals surface area (Å²) < 4.78 is 34.7. The highest BCUT2D eigenvalue weighted by molar-refractivity contribution is 7.89. The summed E-state index contributed by atoms with van der Waals surface area (Å²) in [6, 6.07) is 1.11. The number of carbonyl (C=O) groups excluding carboxylic acids is 2. The first-order chi connectivity index (χ1) is 8.81. The monoisotopic (exact) mass is 327 g/mol. The molecule has 106 valence electrons. The van der Waals surface area contributed by atoms with Crippen LogP contribution in [0.4, 0.5) is 0 Å². The highest BCUT2D eigenvalue weighted by atomic mass is 35.5. The number of hydrogen-bond donors (Lipinski definition) is 1. The minimum absolute atomic E-state index is 0.110. The highest BCUT2D eigenvalue weighted by Gasteiger charge is 2.27. The number of sulfonamides is 1. The molecule has 10 heteroatoms. The maximum Gasteiger partial charge on any atom is 0.349 e. The molecule has 0 spiro atoms. The first-order valence-electron chi connectivity index (χ1n) is 4.76. The molecule has 1 N–H and O–H groups in total. The first-order valence-corrected chi connectivity index (χ1v) is 7.43. The standard InChI is InChI=1S/C9H10ClNO6S2/c1-16-7(12)4-11-19(14,15)5-3-6(10)18-8(5)9(13)17-2/h3,11H,4H2,1-2H3. The number of hydrogen-bond acceptors (Lipinski definition) is 7. The maximum atomic E-state index is 11.9. The number of rotatable bonds is 5. The summed E-state index contributed by atoms with van der Waals surface area (Å²) in [6.07, 6.45) is 0. The molecular weight excluding hydrogens is 318 g/mol. The molecule has 0 saturated carbocycles. The summed E-state index contributed by atoms with van der Waals surface area (Å²) in [4.78, 5) is 21.8. The molecule has 1 heterocycles. The van der Waals surface area contributed by atoms with Crippen molar-refractivity contribution in [2.24, 2.45) is 0 Å². The minimum atomic E-state index is -4.06. The average Bonchev–Trinajstić information content (AvgIpc) is 2.78. The van der Waals surface area contributed by atoms with Gasteiger partial charge in [-0.1, -0.05) is 11.6 Å². The number of halogens is 1. The quantitative estimate of drug-likeness (QED) is 0.797. The van der Waals surface area contributed by atoms with Crippen LogP contribution in [0.2, 0.25) is 4.34 Å². The van der Waals surface area contributed by atoms with Gasteiger partial charge in [-0.15, -0.1) is 11.3 Å². The third-order valence-corrected chi connectivity index (χ3v) is 4.76. The van der Waals surface area contributed by atoms with Crippen LogP contribution in [0.25, 0.3) is 0 Å². The van der Waals surface area contributed by atoms with Gasteiger partial charge < -0.3 is 9.47 Å². The Kier molecular flexibility index (Phi) is 5.29. The van der Waals surface area contributed by atoms with Gasteiger partial charge in [0.15, 0.2) is 0 Å². The van der Waals surface area contributed by atoms with Crippen LogP contribution in [0.3, 0.4) is 0 Å². The zero-order chi connectivity index (χ0) is 14.6. The Morgan fingerprint density at radius 1 is 1.37 bits per heavy atom. The molecule has 0 radical (unpaired) electrons. The molecule has 0 amide bonds. The van der Waals surface area contributed by atoms with Crippen LogP contribution >= 0.6 is 22.9 Å². The lowest BCUT2D eigenvalue weighted by Crippen LogP contribution is -2.30. The highest BCUT2D eigenvalue weighted by Crippen LogP contribution is 2.30. The summed E-state index contributed by atoms with van der Waals surface area (Å²) >= 11 is 6.46. The van der Waals surface area contributed by atoms with Crippen molar-refractivity contribution in [1.82, 2.24) is 4.72 Å². The molecule has 0 aromatic carbocycles. The number of methoxy groups -OCH3 is 2. The van der Waals surface area contributed by atoms with Crippen LogP contribution in [0.5, 0.6) is 0 Å². The van der Waals surface area contributed by atoms with Crippen LogP contribution in [0, 0.1) is 0 Å². The van der Waals surface area contributed by atoms with Crippen LogP contribution in [-0.4, -0.2) is 41.1 Å². The second-order valence-corrected chi connectivity index (χ2v) is 6.56. The Morgan fingerprint density at radius 2 is 2.00 bits per heavy atom. The lowest BCUT2D eigenvalue weighted by molar-refractivity contribution is -0.139. The van der Waals surface area contributed by atoms with Crippen molar-refractivity contribution < 1.29 is 27.5 Å². The van der Waals surface area contributed by atoms with E-state index >= 15 is 0 Å². The molecule has 0 aliphatic heterocycles. The topological polar surface area (TPSA) is 98.8 Å². The van der Waals surface area contributed by atoms with Gasteiger partial charge in [0.25, 0.3) is 0 Å². The summed E-state index contributed by atoms with van der Waals surface area (Å²) in [7, 11) is -1.81. The number of carbonyl (C=O) groups is 2. The summed E-state index contributed by atoms with van der Waals surface area (Å²) in [5.74, 6) is -1.58. The largest absolute Gasteiger partial charge is 0.468 e. The van der Waals surface area contributed by atoms with Gasteiger partial charge in [-0.3, -0.25) is 4.79 Å². The van der Waals surface area contributed by atoms with Crippen LogP contribution in [-0.2, 0) is 24.3 Å². The molecule has 0 aliphatic carbocycles. The van der Waals surface area contributed by atoms with Crippen molar-refractivity contribution >= 4 is 44.9 Å². The molecule has 0 fully saturated rings. The van der Waals surface area contributed by atoms with E-state index in [1.165, 1.54) is 0 Å². The number of thiophene rings is 1. The van der Waals surface area contributed by atoms with Gasteiger partial charge in [-0.05, 0) is 6.07 Å². The van der Waals surface area contributed by atoms with Crippen LogP contribution < -0.4 is 4.72 Å². The molecule has 7 nitrogen and oxygen atoms in total. The van der Waals surface area contributed by atoms with Gasteiger partial charge >= 0.3 is 11.9 Å². The molecule has 1 aromatic rings. The fourth-order valence-electron chi connectivity index (χ4n) is 1.08. The third kappa shape index (κ3) is 3.90. The SMILES string of the molecule is COC(=O)CNS(=O)(=O)c1cc(Cl)sc1C(=O)OC. The lowest BCUT2D eigenvalue weighted by atomic mass is 10.5. The lowest BCUT2D eigenvalue weighted by Gasteiger charge is -2.05. The number of esters is 2. The smallest absolute Gasteiger partial charge is 0.349 e. The fourth-order valence-corrected chi connectivity index (χ4v) is 3.78. The van der Waals surface area contributed by atoms with Gasteiger partial charge in [0, 0.05) is 0 Å². The Labute approximate surface area is 118 Å². The van der Waals surface area contributed by atoms with E-state index in [1.54, 1.807) is 0 Å². The van der Waals surface area contributed by atoms with Crippen LogP contribution in [0.1, 0.15) is 9.67 Å². The van der Waals surface area contributed by atoms with E-state index in [-0.39, 0.29) is 14.1 Å². The fraction of sp³-hybridized carbons (Fsp3) is 0.333. The molecule has 0 atom stereocenters. The second kappa shape index (κ2) is 6.33. The van der Waals surface area contributed by atoms with Crippen molar-refractivity contribution in [2.75, 3.05) is 20.8 Å². The molecule has 0 saturated heterocycles. The normalized spacial score (nSPS) is 11.1. The Morgan fingerprint density at radius 3 is 2.53 bits per heavy atom. The predicted molar refractivity (Wildman–Crippen MR) is 67.9 cm³/mol. The van der Waals surface area contributed by atoms with E-state index in [2.05, 4.69) is 9.47 Å². The predicted octanol–water partition coefficient (Wildman–Crippen LogP) is 0.639. The molecule has 0 aliphatic rings. The van der Waals surface area contributed by atoms with E-state index in [1.807, 2.05) is 4.72 Å². The van der Waals surface area contributed by atoms with E-state index < -0.39 is 28.5 Å². The van der Waals surface area contributed by atoms with Crippen molar-refractivity contribution in [3.05, 3.63) is 15.3 Å². The van der Waals surface area contributed by atoms with Gasteiger partial charge in [0.05, 0.1) is 18.6 Å². The summed E-state index contributed by atoms with van der Waals surface area (Å²) in [5.41, 5.74) is 0. The minimum Gasteiger partial charge on any atom is -0.468 e. The Bertz CT molecular complexity index is 594. The molecular formula is C9H10ClNO6S2. The third-order valence-electron chi connectivity index (χ3n) is 1.96. The Balaban J connectivity index is 3.07. The van der Waals surface area contributed by atoms with E-state index in [4.69, 9.17) is 11.6 Å². The van der Waals surface area contributed by atoms with Crippen molar-refractivity contribution in [1.29, 1.82) is 0 Å². The zero-order valence-corrected chi connectivity index (χ0v) is 12.3. The molecule has 0 bridgehead atoms. The molecule has 0 unspecified atom stereocenters. The molecule has 19 heavy (non-hydrogen) atoms. The van der Waals surface area contributed by atoms with E-state index in [0.29, 0.717) is 0 Å². The average molecular weight is 328 g/mol. The van der Waals surface area contributed by atoms with Gasteiger partial charge in [-0.2, -0.15) is 4.72 Å². The van der Waals surface area contributed by atoms with E-state index in [0.717, 1.165) is 31.6 Å². The van der Waals surface area contributed by atoms with Gasteiger partial charge in [0.2, 0.25) is 10.0 Å². The van der Waals surface area contributed by atoms with Gasteiger partial charge in [0.1, 0.15) is 16.3 Å². The van der Waals surface area contributed by atoms with Crippen molar-refractivity contribution in [2.45, 2.75) is 4.90 Å². The maximum absolute atomic E-state index is 11.9.